The summed E-state index contributed by atoms with van der Waals surface area (Å²) in [7, 11) is 0. The van der Waals surface area contributed by atoms with Crippen molar-refractivity contribution in [3.63, 3.8) is 0 Å². The smallest absolute Gasteiger partial charge is 0.284 e. The number of hydrogen-bond donors (Lipinski definition) is 3. The van der Waals surface area contributed by atoms with Crippen molar-refractivity contribution >= 4 is 11.7 Å². The lowest BCUT2D eigenvalue weighted by atomic mass is 10.1. The summed E-state index contributed by atoms with van der Waals surface area (Å²) in [5, 5.41) is 0. The molecule has 5 nitrogen and oxygen atoms in total. The number of nitrogens with one attached hydrogen (secondary N) is 1. The number of aryl methyl sites for hydroxylation is 1. The highest BCUT2D eigenvalue weighted by Crippen LogP contribution is 2.09. The Balaban J connectivity index is 3.15. The highest BCUT2D eigenvalue weighted by atomic mass is 16.2. The SMILES string of the molecule is CCc1ccc(N)nc1C(=O)NN. The summed E-state index contributed by atoms with van der Waals surface area (Å²) < 4.78 is 0. The van der Waals surface area contributed by atoms with Crippen LogP contribution in [-0.4, -0.2) is 10.9 Å². The first-order chi connectivity index (χ1) is 6.19. The minimum Gasteiger partial charge on any atom is -0.384 e. The molecule has 5 N–H and O–H groups in total. The number of nitrogen functional groups attached to an aromatic ring is 2. The molecule has 1 heterocycles. The maximum Gasteiger partial charge on any atom is 0.284 e. The predicted octanol–water partition coefficient (Wildman–Crippen LogP) is -0.170. The van der Waals surface area contributed by atoms with Gasteiger partial charge in [-0.15, -0.1) is 0 Å². The number of nitrogens with zero attached hydrogens (tertiary/aromatic N) is 1. The number of anilines is 1. The Kier molecular flexibility index (Phi) is 2.81. The average Bonchev–Trinajstić information content (AvgIpc) is 2.16. The fraction of sp³-hybridized carbons (Fsp3) is 0.250. The molecule has 0 fully saturated rings. The van der Waals surface area contributed by atoms with Gasteiger partial charge in [-0.1, -0.05) is 13.0 Å². The van der Waals surface area contributed by atoms with Crippen LogP contribution in [0, 0.1) is 0 Å². The second kappa shape index (κ2) is 3.86. The molecule has 0 unspecified atom stereocenters. The fourth-order valence-electron chi connectivity index (χ4n) is 1.05. The highest BCUT2D eigenvalue weighted by molar-refractivity contribution is 5.93. The second-order valence-corrected chi connectivity index (χ2v) is 2.57. The number of rotatable bonds is 2. The summed E-state index contributed by atoms with van der Waals surface area (Å²) in [6.45, 7) is 1.93. The van der Waals surface area contributed by atoms with Gasteiger partial charge < -0.3 is 5.73 Å². The third-order valence-corrected chi connectivity index (χ3v) is 1.73. The molecule has 0 radical (unpaired) electrons. The van der Waals surface area contributed by atoms with Gasteiger partial charge in [0, 0.05) is 0 Å². The second-order valence-electron chi connectivity index (χ2n) is 2.57. The molecule has 1 rings (SSSR count). The van der Waals surface area contributed by atoms with Gasteiger partial charge >= 0.3 is 0 Å². The lowest BCUT2D eigenvalue weighted by Crippen LogP contribution is -2.31. The summed E-state index contributed by atoms with van der Waals surface area (Å²) in [6, 6.07) is 3.43. The number of carbonyl (C=O) groups is 1. The topological polar surface area (TPSA) is 94.0 Å². The maximum absolute atomic E-state index is 11.2. The van der Waals surface area contributed by atoms with Crippen LogP contribution in [0.5, 0.6) is 0 Å². The zero-order valence-electron chi connectivity index (χ0n) is 7.37. The van der Waals surface area contributed by atoms with Gasteiger partial charge in [-0.2, -0.15) is 0 Å². The standard InChI is InChI=1S/C8H12N4O/c1-2-5-3-4-6(9)11-7(5)8(13)12-10/h3-4H,2,10H2,1H3,(H2,9,11)(H,12,13). The molecule has 0 saturated carbocycles. The number of hydrazine groups is 1. The molecule has 0 spiro atoms. The van der Waals surface area contributed by atoms with E-state index in [9.17, 15) is 4.79 Å². The molecule has 70 valence electrons. The molecule has 5 heteroatoms. The van der Waals surface area contributed by atoms with E-state index < -0.39 is 5.91 Å². The zero-order chi connectivity index (χ0) is 9.84. The van der Waals surface area contributed by atoms with Gasteiger partial charge in [0.15, 0.2) is 0 Å². The van der Waals surface area contributed by atoms with Crippen LogP contribution in [0.2, 0.25) is 0 Å². The van der Waals surface area contributed by atoms with Crippen molar-refractivity contribution in [1.29, 1.82) is 0 Å². The normalized spacial score (nSPS) is 9.69. The predicted molar refractivity (Wildman–Crippen MR) is 49.7 cm³/mol. The molecule has 0 atom stereocenters. The van der Waals surface area contributed by atoms with E-state index in [0.29, 0.717) is 11.5 Å². The number of nitrogens with two attached hydrogens (primary N) is 2. The van der Waals surface area contributed by atoms with Gasteiger partial charge in [-0.05, 0) is 18.1 Å². The van der Waals surface area contributed by atoms with Crippen LogP contribution >= 0.6 is 0 Å². The Morgan fingerprint density at radius 3 is 2.85 bits per heavy atom. The molecule has 1 aromatic rings. The first kappa shape index (κ1) is 9.47. The quantitative estimate of drug-likeness (QED) is 0.334. The summed E-state index contributed by atoms with van der Waals surface area (Å²) in [5.41, 5.74) is 8.60. The Hall–Kier alpha value is -1.62. The van der Waals surface area contributed by atoms with Crippen molar-refractivity contribution in [3.05, 3.63) is 23.4 Å². The monoisotopic (exact) mass is 180 g/mol. The van der Waals surface area contributed by atoms with Crippen LogP contribution in [-0.2, 0) is 6.42 Å². The van der Waals surface area contributed by atoms with E-state index in [1.807, 2.05) is 12.3 Å². The third-order valence-electron chi connectivity index (χ3n) is 1.73. The molecule has 0 bridgehead atoms. The maximum atomic E-state index is 11.2. The van der Waals surface area contributed by atoms with Crippen LogP contribution in [0.4, 0.5) is 5.82 Å². The molecule has 0 aliphatic rings. The highest BCUT2D eigenvalue weighted by Gasteiger charge is 2.10. The number of hydrogen-bond acceptors (Lipinski definition) is 4. The van der Waals surface area contributed by atoms with Crippen LogP contribution in [0.3, 0.4) is 0 Å². The van der Waals surface area contributed by atoms with Gasteiger partial charge in [0.1, 0.15) is 11.5 Å². The lowest BCUT2D eigenvalue weighted by molar-refractivity contribution is 0.0948. The van der Waals surface area contributed by atoms with E-state index >= 15 is 0 Å². The molecule has 1 amide bonds. The number of pyridine rings is 1. The van der Waals surface area contributed by atoms with Gasteiger partial charge in [-0.3, -0.25) is 10.2 Å². The number of aromatic nitrogens is 1. The number of amides is 1. The molecular formula is C8H12N4O. The third kappa shape index (κ3) is 1.94. The van der Waals surface area contributed by atoms with Crippen LogP contribution in [0.1, 0.15) is 23.0 Å². The van der Waals surface area contributed by atoms with E-state index in [2.05, 4.69) is 4.98 Å². The molecule has 13 heavy (non-hydrogen) atoms. The molecule has 0 aliphatic carbocycles. The van der Waals surface area contributed by atoms with Crippen molar-refractivity contribution in [2.45, 2.75) is 13.3 Å². The molecule has 0 aliphatic heterocycles. The van der Waals surface area contributed by atoms with Crippen molar-refractivity contribution in [1.82, 2.24) is 10.4 Å². The summed E-state index contributed by atoms with van der Waals surface area (Å²) in [4.78, 5) is 15.1. The van der Waals surface area contributed by atoms with Crippen LogP contribution < -0.4 is 17.0 Å². The van der Waals surface area contributed by atoms with E-state index in [4.69, 9.17) is 11.6 Å². The summed E-state index contributed by atoms with van der Waals surface area (Å²) in [6.07, 6.45) is 0.718. The van der Waals surface area contributed by atoms with Gasteiger partial charge in [-0.25, -0.2) is 10.8 Å². The molecular weight excluding hydrogens is 168 g/mol. The zero-order valence-corrected chi connectivity index (χ0v) is 7.37. The Labute approximate surface area is 76.1 Å². The molecule has 0 saturated heterocycles. The van der Waals surface area contributed by atoms with Crippen molar-refractivity contribution in [2.75, 3.05) is 5.73 Å². The van der Waals surface area contributed by atoms with E-state index in [0.717, 1.165) is 12.0 Å². The Morgan fingerprint density at radius 1 is 1.62 bits per heavy atom. The minimum atomic E-state index is -0.413. The van der Waals surface area contributed by atoms with Crippen molar-refractivity contribution < 1.29 is 4.79 Å². The minimum absolute atomic E-state index is 0.296. The fourth-order valence-corrected chi connectivity index (χ4v) is 1.05. The largest absolute Gasteiger partial charge is 0.384 e. The van der Waals surface area contributed by atoms with E-state index in [1.54, 1.807) is 12.1 Å². The first-order valence-corrected chi connectivity index (χ1v) is 3.95. The van der Waals surface area contributed by atoms with Crippen LogP contribution in [0.25, 0.3) is 0 Å². The Bertz CT molecular complexity index is 324. The summed E-state index contributed by atoms with van der Waals surface area (Å²) >= 11 is 0. The lowest BCUT2D eigenvalue weighted by Gasteiger charge is -2.05. The van der Waals surface area contributed by atoms with Gasteiger partial charge in [0.25, 0.3) is 5.91 Å². The van der Waals surface area contributed by atoms with Crippen molar-refractivity contribution in [3.8, 4) is 0 Å². The van der Waals surface area contributed by atoms with Gasteiger partial charge in [0.05, 0.1) is 0 Å². The van der Waals surface area contributed by atoms with Crippen molar-refractivity contribution in [2.24, 2.45) is 5.84 Å². The summed E-state index contributed by atoms with van der Waals surface area (Å²) in [5.74, 6) is 4.90. The Morgan fingerprint density at radius 2 is 2.31 bits per heavy atom. The van der Waals surface area contributed by atoms with E-state index in [1.165, 1.54) is 0 Å². The van der Waals surface area contributed by atoms with Crippen LogP contribution in [0.15, 0.2) is 12.1 Å². The van der Waals surface area contributed by atoms with Gasteiger partial charge in [0.2, 0.25) is 0 Å². The first-order valence-electron chi connectivity index (χ1n) is 3.95. The number of carbonyl (C=O) groups excluding carboxylic acids is 1. The van der Waals surface area contributed by atoms with E-state index in [-0.39, 0.29) is 0 Å². The molecule has 1 aromatic heterocycles. The molecule has 0 aromatic carbocycles. The average molecular weight is 180 g/mol.